The lowest BCUT2D eigenvalue weighted by molar-refractivity contribution is -0.118. The number of amides is 1. The molecule has 1 aromatic heterocycles. The molecule has 3 aromatic rings. The summed E-state index contributed by atoms with van der Waals surface area (Å²) in [6.07, 6.45) is 0. The van der Waals surface area contributed by atoms with Crippen molar-refractivity contribution in [2.75, 3.05) is 11.9 Å². The number of para-hydroxylation sites is 1. The van der Waals surface area contributed by atoms with E-state index >= 15 is 0 Å². The Kier molecular flexibility index (Phi) is 4.47. The smallest absolute Gasteiger partial charge is 0.336 e. The standard InChI is InChI=1S/C18H13F2NO4/c1-10-7-17(23)25-15-8-11(5-6-12(10)15)24-9-16(22)21-18-13(19)3-2-4-14(18)20/h2-8H,9H2,1H3,(H,21,22). The van der Waals surface area contributed by atoms with Crippen molar-refractivity contribution < 1.29 is 22.7 Å². The Morgan fingerprint density at radius 1 is 1.16 bits per heavy atom. The van der Waals surface area contributed by atoms with Crippen LogP contribution in [0.4, 0.5) is 14.5 Å². The molecule has 5 nitrogen and oxygen atoms in total. The molecular weight excluding hydrogens is 332 g/mol. The monoisotopic (exact) mass is 345 g/mol. The minimum Gasteiger partial charge on any atom is -0.484 e. The molecule has 0 aliphatic carbocycles. The Balaban J connectivity index is 1.72. The Hall–Kier alpha value is -3.22. The molecule has 0 saturated heterocycles. The average molecular weight is 345 g/mol. The van der Waals surface area contributed by atoms with Crippen molar-refractivity contribution in [2.45, 2.75) is 6.92 Å². The SMILES string of the molecule is Cc1cc(=O)oc2cc(OCC(=O)Nc3c(F)cccc3F)ccc12. The van der Waals surface area contributed by atoms with Gasteiger partial charge in [-0.05, 0) is 36.8 Å². The van der Waals surface area contributed by atoms with Gasteiger partial charge in [0.25, 0.3) is 5.91 Å². The minimum atomic E-state index is -0.878. The molecule has 128 valence electrons. The lowest BCUT2D eigenvalue weighted by Gasteiger charge is -2.09. The largest absolute Gasteiger partial charge is 0.484 e. The molecule has 0 radical (unpaired) electrons. The zero-order valence-electron chi connectivity index (χ0n) is 13.1. The van der Waals surface area contributed by atoms with Crippen LogP contribution >= 0.6 is 0 Å². The lowest BCUT2D eigenvalue weighted by Crippen LogP contribution is -2.21. The van der Waals surface area contributed by atoms with Gasteiger partial charge in [0, 0.05) is 17.5 Å². The zero-order valence-corrected chi connectivity index (χ0v) is 13.1. The summed E-state index contributed by atoms with van der Waals surface area (Å²) in [6, 6.07) is 9.41. The number of ether oxygens (including phenoxy) is 1. The summed E-state index contributed by atoms with van der Waals surface area (Å²) in [5, 5.41) is 2.86. The first-order valence-corrected chi connectivity index (χ1v) is 7.35. The Bertz CT molecular complexity index is 993. The molecule has 3 rings (SSSR count). The van der Waals surface area contributed by atoms with E-state index in [-0.39, 0.29) is 5.75 Å². The highest BCUT2D eigenvalue weighted by Crippen LogP contribution is 2.22. The molecule has 7 heteroatoms. The van der Waals surface area contributed by atoms with Gasteiger partial charge in [0.15, 0.2) is 6.61 Å². The number of halogens is 2. The van der Waals surface area contributed by atoms with Crippen LogP contribution in [0.2, 0.25) is 0 Å². The third-order valence-corrected chi connectivity index (χ3v) is 3.52. The summed E-state index contributed by atoms with van der Waals surface area (Å²) in [4.78, 5) is 23.2. The molecule has 0 spiro atoms. The quantitative estimate of drug-likeness (QED) is 0.736. The number of aryl methyl sites for hydroxylation is 1. The summed E-state index contributed by atoms with van der Waals surface area (Å²) in [5.41, 5.74) is 0.0554. The molecule has 0 aliphatic rings. The summed E-state index contributed by atoms with van der Waals surface area (Å²) in [7, 11) is 0. The fourth-order valence-electron chi connectivity index (χ4n) is 2.34. The fraction of sp³-hybridized carbons (Fsp3) is 0.111. The third kappa shape index (κ3) is 3.65. The molecule has 0 bridgehead atoms. The minimum absolute atomic E-state index is 0.283. The van der Waals surface area contributed by atoms with Crippen molar-refractivity contribution >= 4 is 22.6 Å². The maximum absolute atomic E-state index is 13.5. The molecule has 1 heterocycles. The Morgan fingerprint density at radius 2 is 1.88 bits per heavy atom. The molecule has 1 N–H and O–H groups in total. The van der Waals surface area contributed by atoms with Gasteiger partial charge in [-0.2, -0.15) is 0 Å². The normalized spacial score (nSPS) is 10.7. The van der Waals surface area contributed by atoms with Crippen molar-refractivity contribution in [3.63, 3.8) is 0 Å². The van der Waals surface area contributed by atoms with Crippen LogP contribution in [0.25, 0.3) is 11.0 Å². The van der Waals surface area contributed by atoms with Crippen LogP contribution in [0.1, 0.15) is 5.56 Å². The van der Waals surface area contributed by atoms with Crippen LogP contribution in [-0.4, -0.2) is 12.5 Å². The van der Waals surface area contributed by atoms with Gasteiger partial charge >= 0.3 is 5.63 Å². The molecule has 2 aromatic carbocycles. The van der Waals surface area contributed by atoms with E-state index in [4.69, 9.17) is 9.15 Å². The van der Waals surface area contributed by atoms with E-state index in [0.29, 0.717) is 5.58 Å². The highest BCUT2D eigenvalue weighted by molar-refractivity contribution is 5.92. The molecule has 0 atom stereocenters. The summed E-state index contributed by atoms with van der Waals surface area (Å²) >= 11 is 0. The number of hydrogen-bond acceptors (Lipinski definition) is 4. The lowest BCUT2D eigenvalue weighted by atomic mass is 10.1. The van der Waals surface area contributed by atoms with Crippen molar-refractivity contribution in [3.8, 4) is 5.75 Å². The summed E-state index contributed by atoms with van der Waals surface area (Å²) in [6.45, 7) is 1.31. The van der Waals surface area contributed by atoms with Crippen molar-refractivity contribution in [2.24, 2.45) is 0 Å². The number of rotatable bonds is 4. The second kappa shape index (κ2) is 6.72. The topological polar surface area (TPSA) is 68.5 Å². The number of nitrogens with one attached hydrogen (secondary N) is 1. The first kappa shape index (κ1) is 16.6. The van der Waals surface area contributed by atoms with Gasteiger partial charge < -0.3 is 14.5 Å². The summed E-state index contributed by atoms with van der Waals surface area (Å²) < 4.78 is 37.3. The number of benzene rings is 2. The molecule has 0 fully saturated rings. The molecule has 0 saturated carbocycles. The first-order valence-electron chi connectivity index (χ1n) is 7.35. The van der Waals surface area contributed by atoms with Crippen LogP contribution < -0.4 is 15.7 Å². The number of hydrogen-bond donors (Lipinski definition) is 1. The van der Waals surface area contributed by atoms with Crippen LogP contribution in [0.5, 0.6) is 5.75 Å². The van der Waals surface area contributed by atoms with Crippen LogP contribution in [0.15, 0.2) is 51.7 Å². The van der Waals surface area contributed by atoms with E-state index in [1.54, 1.807) is 19.1 Å². The van der Waals surface area contributed by atoms with Gasteiger partial charge in [-0.3, -0.25) is 4.79 Å². The Labute approximate surface area is 140 Å². The number of anilines is 1. The fourth-order valence-corrected chi connectivity index (χ4v) is 2.34. The van der Waals surface area contributed by atoms with Crippen LogP contribution in [-0.2, 0) is 4.79 Å². The highest BCUT2D eigenvalue weighted by atomic mass is 19.1. The van der Waals surface area contributed by atoms with Gasteiger partial charge in [-0.25, -0.2) is 13.6 Å². The van der Waals surface area contributed by atoms with Gasteiger partial charge in [-0.1, -0.05) is 6.07 Å². The molecule has 25 heavy (non-hydrogen) atoms. The third-order valence-electron chi connectivity index (χ3n) is 3.52. The number of fused-ring (bicyclic) bond motifs is 1. The van der Waals surface area contributed by atoms with Crippen molar-refractivity contribution in [1.82, 2.24) is 0 Å². The van der Waals surface area contributed by atoms with Crippen LogP contribution in [0, 0.1) is 18.6 Å². The molecule has 0 aliphatic heterocycles. The first-order chi connectivity index (χ1) is 11.9. The van der Waals surface area contributed by atoms with Crippen molar-refractivity contribution in [3.05, 3.63) is 70.1 Å². The second-order valence-electron chi connectivity index (χ2n) is 5.34. The average Bonchev–Trinajstić information content (AvgIpc) is 2.56. The van der Waals surface area contributed by atoms with Gasteiger partial charge in [-0.15, -0.1) is 0 Å². The van der Waals surface area contributed by atoms with E-state index < -0.39 is 35.5 Å². The van der Waals surface area contributed by atoms with E-state index in [9.17, 15) is 18.4 Å². The van der Waals surface area contributed by atoms with E-state index in [1.165, 1.54) is 18.2 Å². The van der Waals surface area contributed by atoms with Gasteiger partial charge in [0.1, 0.15) is 28.7 Å². The van der Waals surface area contributed by atoms with E-state index in [0.717, 1.165) is 23.1 Å². The highest BCUT2D eigenvalue weighted by Gasteiger charge is 2.12. The van der Waals surface area contributed by atoms with E-state index in [2.05, 4.69) is 5.32 Å². The van der Waals surface area contributed by atoms with Crippen LogP contribution in [0.3, 0.4) is 0 Å². The van der Waals surface area contributed by atoms with Gasteiger partial charge in [0.05, 0.1) is 0 Å². The van der Waals surface area contributed by atoms with Gasteiger partial charge in [0.2, 0.25) is 0 Å². The predicted molar refractivity (Wildman–Crippen MR) is 87.7 cm³/mol. The second-order valence-corrected chi connectivity index (χ2v) is 5.34. The summed E-state index contributed by atoms with van der Waals surface area (Å²) in [5.74, 6) is -2.20. The predicted octanol–water partition coefficient (Wildman–Crippen LogP) is 3.40. The number of carbonyl (C=O) groups is 1. The van der Waals surface area contributed by atoms with E-state index in [1.807, 2.05) is 0 Å². The number of carbonyl (C=O) groups excluding carboxylic acids is 1. The molecular formula is C18H13F2NO4. The maximum Gasteiger partial charge on any atom is 0.336 e. The van der Waals surface area contributed by atoms with Crippen molar-refractivity contribution in [1.29, 1.82) is 0 Å². The molecule has 1 amide bonds. The molecule has 0 unspecified atom stereocenters. The maximum atomic E-state index is 13.5. The zero-order chi connectivity index (χ0) is 18.0. The Morgan fingerprint density at radius 3 is 2.60 bits per heavy atom.